The number of ether oxygens (including phenoxy) is 1. The Morgan fingerprint density at radius 1 is 1.00 bits per heavy atom. The quantitative estimate of drug-likeness (QED) is 0.148. The van der Waals surface area contributed by atoms with Gasteiger partial charge >= 0.3 is 0 Å². The van der Waals surface area contributed by atoms with Crippen LogP contribution in [0.2, 0.25) is 0 Å². The van der Waals surface area contributed by atoms with Gasteiger partial charge in [0.15, 0.2) is 5.82 Å². The minimum absolute atomic E-state index is 0.000973. The van der Waals surface area contributed by atoms with Crippen LogP contribution in [0, 0.1) is 13.8 Å². The molecule has 1 saturated heterocycles. The van der Waals surface area contributed by atoms with Crippen LogP contribution in [0.3, 0.4) is 0 Å². The molecule has 14 heteroatoms. The summed E-state index contributed by atoms with van der Waals surface area (Å²) < 4.78 is 5.39. The van der Waals surface area contributed by atoms with E-state index in [-0.39, 0.29) is 49.2 Å². The van der Waals surface area contributed by atoms with E-state index < -0.39 is 35.7 Å². The van der Waals surface area contributed by atoms with Crippen molar-refractivity contribution in [2.24, 2.45) is 11.5 Å². The van der Waals surface area contributed by atoms with Gasteiger partial charge < -0.3 is 37.5 Å². The van der Waals surface area contributed by atoms with Gasteiger partial charge in [-0.15, -0.1) is 0 Å². The highest BCUT2D eigenvalue weighted by atomic mass is 16.5. The smallest absolute Gasteiger partial charge is 0.255 e. The maximum atomic E-state index is 14.0. The molecular weight excluding hydrogens is 688 g/mol. The summed E-state index contributed by atoms with van der Waals surface area (Å²) in [6.07, 6.45) is 1.66. The summed E-state index contributed by atoms with van der Waals surface area (Å²) in [5.41, 5.74) is 18.0. The van der Waals surface area contributed by atoms with Gasteiger partial charge in [0.05, 0.1) is 43.1 Å². The van der Waals surface area contributed by atoms with Gasteiger partial charge in [-0.05, 0) is 60.7 Å². The lowest BCUT2D eigenvalue weighted by atomic mass is 9.80. The van der Waals surface area contributed by atoms with Crippen LogP contribution >= 0.6 is 0 Å². The van der Waals surface area contributed by atoms with E-state index in [1.54, 1.807) is 32.0 Å². The standard InChI is InChI=1S/C40H44N8O6/c1-22-13-25-15-29(27-6-4-5-24(14-27)17-33(49)43-19-34(50)46-32(16-25)36(42)51)35(22)48-39(53)31(11-12-41)47-38(52)30-18-44-37(45-23(30)2)26-7-9-28(10-8-26)40(3)20-54-21-40/h4-10,13-15,18,31-32H,11-12,16-17,19-21,41H2,1-3H3,(H2,42,51)(H,43,49)(H,46,50)(H,47,52)(H,48,53)/t31-,32?/m0/s1. The summed E-state index contributed by atoms with van der Waals surface area (Å²) in [5, 5.41) is 11.0. The summed E-state index contributed by atoms with van der Waals surface area (Å²) in [5.74, 6) is -2.23. The summed E-state index contributed by atoms with van der Waals surface area (Å²) in [6, 6.07) is 16.8. The third-order valence-electron chi connectivity index (χ3n) is 9.79. The second kappa shape index (κ2) is 15.9. The molecule has 1 fully saturated rings. The number of carbonyl (C=O) groups is 5. The summed E-state index contributed by atoms with van der Waals surface area (Å²) >= 11 is 0. The molecule has 3 heterocycles. The molecule has 0 spiro atoms. The predicted molar refractivity (Wildman–Crippen MR) is 202 cm³/mol. The van der Waals surface area contributed by atoms with Crippen molar-refractivity contribution in [3.05, 3.63) is 100 Å². The number of amides is 5. The number of nitrogens with zero attached hydrogens (tertiary/aromatic N) is 2. The number of anilines is 1. The average molecular weight is 733 g/mol. The average Bonchev–Trinajstić information content (AvgIpc) is 3.13. The van der Waals surface area contributed by atoms with Gasteiger partial charge in [-0.25, -0.2) is 9.97 Å². The summed E-state index contributed by atoms with van der Waals surface area (Å²) in [6.45, 7) is 6.84. The first-order chi connectivity index (χ1) is 25.8. The Balaban J connectivity index is 1.25. The minimum Gasteiger partial charge on any atom is -0.379 e. The van der Waals surface area contributed by atoms with Crippen molar-refractivity contribution in [1.29, 1.82) is 0 Å². The zero-order valence-electron chi connectivity index (χ0n) is 30.5. The number of hydrogen-bond acceptors (Lipinski definition) is 9. The second-order valence-corrected chi connectivity index (χ2v) is 14.1. The highest BCUT2D eigenvalue weighted by Crippen LogP contribution is 2.35. The number of fused-ring (bicyclic) bond motifs is 5. The van der Waals surface area contributed by atoms with E-state index in [0.717, 1.165) is 5.56 Å². The largest absolute Gasteiger partial charge is 0.379 e. The normalized spacial score (nSPS) is 17.1. The number of rotatable bonds is 9. The van der Waals surface area contributed by atoms with Gasteiger partial charge in [0.2, 0.25) is 23.6 Å². The van der Waals surface area contributed by atoms with Crippen molar-refractivity contribution in [1.82, 2.24) is 25.9 Å². The lowest BCUT2D eigenvalue weighted by Gasteiger charge is -2.38. The van der Waals surface area contributed by atoms with Crippen LogP contribution in [0.5, 0.6) is 0 Å². The zero-order chi connectivity index (χ0) is 38.6. The molecule has 14 nitrogen and oxygen atoms in total. The van der Waals surface area contributed by atoms with Crippen LogP contribution in [0.25, 0.3) is 22.5 Å². The molecule has 54 heavy (non-hydrogen) atoms. The number of benzene rings is 3. The van der Waals surface area contributed by atoms with Crippen molar-refractivity contribution < 1.29 is 28.7 Å². The molecule has 4 aromatic rings. The fraction of sp³-hybridized carbons (Fsp3) is 0.325. The Kier molecular flexibility index (Phi) is 11.1. The van der Waals surface area contributed by atoms with Gasteiger partial charge in [0.1, 0.15) is 12.1 Å². The van der Waals surface area contributed by atoms with Gasteiger partial charge in [0, 0.05) is 29.2 Å². The fourth-order valence-corrected chi connectivity index (χ4v) is 6.66. The maximum absolute atomic E-state index is 14.0. The van der Waals surface area contributed by atoms with Crippen LogP contribution < -0.4 is 32.7 Å². The summed E-state index contributed by atoms with van der Waals surface area (Å²) in [4.78, 5) is 74.1. The molecule has 0 radical (unpaired) electrons. The molecule has 280 valence electrons. The number of aryl methyl sites for hydroxylation is 2. The molecule has 2 aliphatic rings. The molecule has 1 aromatic heterocycles. The molecule has 0 aliphatic carbocycles. The number of aromatic nitrogens is 2. The van der Waals surface area contributed by atoms with E-state index in [2.05, 4.69) is 38.2 Å². The van der Waals surface area contributed by atoms with Crippen molar-refractivity contribution in [3.63, 3.8) is 0 Å². The third kappa shape index (κ3) is 8.45. The first-order valence-electron chi connectivity index (χ1n) is 17.8. The van der Waals surface area contributed by atoms with Gasteiger partial charge in [-0.1, -0.05) is 61.5 Å². The minimum atomic E-state index is -1.04. The van der Waals surface area contributed by atoms with E-state index in [1.807, 2.05) is 42.5 Å². The Morgan fingerprint density at radius 2 is 1.76 bits per heavy atom. The monoisotopic (exact) mass is 732 g/mol. The molecular formula is C40H44N8O6. The highest BCUT2D eigenvalue weighted by molar-refractivity contribution is 6.04. The van der Waals surface area contributed by atoms with Crippen molar-refractivity contribution in [3.8, 4) is 22.5 Å². The second-order valence-electron chi connectivity index (χ2n) is 14.1. The fourth-order valence-electron chi connectivity index (χ4n) is 6.66. The lowest BCUT2D eigenvalue weighted by molar-refractivity contribution is -0.128. The SMILES string of the molecule is Cc1cc2cc(c1NC(=O)[C@H](CCN)NC(=O)c1cnc(-c3ccc(C4(C)COC4)cc3)nc1C)-c1cccc(c1)CC(=O)NCC(=O)NC(C(N)=O)C2. The number of nitrogens with two attached hydrogens (primary N) is 2. The topological polar surface area (TPSA) is 221 Å². The molecule has 5 amide bonds. The van der Waals surface area contributed by atoms with E-state index in [9.17, 15) is 24.0 Å². The number of hydrogen-bond donors (Lipinski definition) is 6. The first-order valence-corrected chi connectivity index (χ1v) is 17.8. The highest BCUT2D eigenvalue weighted by Gasteiger charge is 2.35. The van der Waals surface area contributed by atoms with Crippen LogP contribution in [-0.4, -0.2) is 77.9 Å². The molecule has 8 N–H and O–H groups in total. The Hall–Kier alpha value is -5.99. The van der Waals surface area contributed by atoms with Crippen LogP contribution in [0.4, 0.5) is 5.69 Å². The molecule has 1 unspecified atom stereocenters. The zero-order valence-corrected chi connectivity index (χ0v) is 30.5. The van der Waals surface area contributed by atoms with Gasteiger partial charge in [-0.3, -0.25) is 24.0 Å². The van der Waals surface area contributed by atoms with Crippen molar-refractivity contribution >= 4 is 35.2 Å². The first kappa shape index (κ1) is 37.8. The van der Waals surface area contributed by atoms with Crippen molar-refractivity contribution in [2.45, 2.75) is 57.5 Å². The Bertz CT molecular complexity index is 2110. The number of carbonyl (C=O) groups excluding carboxylic acids is 5. The molecule has 2 aliphatic heterocycles. The molecule has 2 atom stereocenters. The van der Waals surface area contributed by atoms with Gasteiger partial charge in [0.25, 0.3) is 5.91 Å². The molecule has 0 saturated carbocycles. The Labute approximate surface area is 312 Å². The molecule has 4 bridgehead atoms. The van der Waals surface area contributed by atoms with Crippen molar-refractivity contribution in [2.75, 3.05) is 31.6 Å². The predicted octanol–water partition coefficient (Wildman–Crippen LogP) is 1.99. The summed E-state index contributed by atoms with van der Waals surface area (Å²) in [7, 11) is 0. The Morgan fingerprint density at radius 3 is 2.43 bits per heavy atom. The van der Waals surface area contributed by atoms with Crippen LogP contribution in [-0.2, 0) is 42.2 Å². The lowest BCUT2D eigenvalue weighted by Crippen LogP contribution is -2.49. The number of primary amides is 1. The molecule has 3 aromatic carbocycles. The van der Waals surface area contributed by atoms with E-state index >= 15 is 0 Å². The van der Waals surface area contributed by atoms with E-state index in [4.69, 9.17) is 16.2 Å². The van der Waals surface area contributed by atoms with Crippen LogP contribution in [0.15, 0.2) is 66.9 Å². The third-order valence-corrected chi connectivity index (χ3v) is 9.79. The molecule has 6 rings (SSSR count). The van der Waals surface area contributed by atoms with E-state index in [1.165, 1.54) is 11.8 Å². The van der Waals surface area contributed by atoms with Gasteiger partial charge in [-0.2, -0.15) is 0 Å². The van der Waals surface area contributed by atoms with E-state index in [0.29, 0.717) is 58.2 Å². The van der Waals surface area contributed by atoms with Crippen LogP contribution in [0.1, 0.15) is 51.7 Å². The number of nitrogens with one attached hydrogen (secondary N) is 4. The maximum Gasteiger partial charge on any atom is 0.255 e.